The van der Waals surface area contributed by atoms with Crippen molar-refractivity contribution in [3.05, 3.63) is 75.3 Å². The summed E-state index contributed by atoms with van der Waals surface area (Å²) in [4.78, 5) is 15.8. The van der Waals surface area contributed by atoms with E-state index in [1.807, 2.05) is 53.9 Å². The first-order valence-electron chi connectivity index (χ1n) is 7.87. The van der Waals surface area contributed by atoms with Crippen LogP contribution in [0.4, 0.5) is 0 Å². The average Bonchev–Trinajstić information content (AvgIpc) is 3.29. The van der Waals surface area contributed by atoms with E-state index in [4.69, 9.17) is 9.15 Å². The Morgan fingerprint density at radius 2 is 2.00 bits per heavy atom. The van der Waals surface area contributed by atoms with Gasteiger partial charge in [0, 0.05) is 9.35 Å². The van der Waals surface area contributed by atoms with Gasteiger partial charge in [0.2, 0.25) is 0 Å². The maximum atomic E-state index is 12.9. The van der Waals surface area contributed by atoms with Crippen molar-refractivity contribution in [1.29, 1.82) is 0 Å². The molecule has 6 heteroatoms. The third kappa shape index (κ3) is 4.96. The molecule has 1 amide bonds. The van der Waals surface area contributed by atoms with Crippen LogP contribution in [-0.4, -0.2) is 16.9 Å². The van der Waals surface area contributed by atoms with E-state index in [-0.39, 0.29) is 5.91 Å². The zero-order valence-corrected chi connectivity index (χ0v) is 16.1. The summed E-state index contributed by atoms with van der Waals surface area (Å²) in [6.07, 6.45) is 1.03. The second-order valence-electron chi connectivity index (χ2n) is 5.57. The van der Waals surface area contributed by atoms with Gasteiger partial charge in [-0.05, 0) is 54.8 Å². The van der Waals surface area contributed by atoms with Gasteiger partial charge in [0.25, 0.3) is 5.91 Å². The van der Waals surface area contributed by atoms with Crippen LogP contribution in [0.15, 0.2) is 69.1 Å². The Labute approximate surface area is 159 Å². The van der Waals surface area contributed by atoms with Crippen LogP contribution in [0.2, 0.25) is 0 Å². The number of furan rings is 1. The van der Waals surface area contributed by atoms with E-state index in [9.17, 15) is 4.79 Å². The van der Waals surface area contributed by atoms with Crippen LogP contribution in [0.1, 0.15) is 17.6 Å². The number of nitrogens with zero attached hydrogens (tertiary/aromatic N) is 1. The van der Waals surface area contributed by atoms with Gasteiger partial charge in [0.1, 0.15) is 11.5 Å². The molecule has 0 saturated heterocycles. The van der Waals surface area contributed by atoms with Crippen LogP contribution in [0.5, 0.6) is 5.75 Å². The fraction of sp³-hybridized carbons (Fsp3) is 0.211. The average molecular weight is 420 g/mol. The standard InChI is InChI=1S/C19H18BrNO3S/c1-14(24-16-8-6-15(20)7-9-16)19(22)21(12-17-4-2-10-23-17)13-18-5-3-11-25-18/h2-11,14H,12-13H2,1H3. The number of amides is 1. The van der Waals surface area contributed by atoms with E-state index in [2.05, 4.69) is 15.9 Å². The third-order valence-electron chi connectivity index (χ3n) is 3.64. The molecular formula is C19H18BrNO3S. The molecule has 0 aliphatic carbocycles. The Bertz CT molecular complexity index is 748. The molecule has 0 aliphatic rings. The van der Waals surface area contributed by atoms with Gasteiger partial charge < -0.3 is 14.1 Å². The third-order valence-corrected chi connectivity index (χ3v) is 5.03. The lowest BCUT2D eigenvalue weighted by Crippen LogP contribution is -2.39. The van der Waals surface area contributed by atoms with Gasteiger partial charge in [0.05, 0.1) is 19.4 Å². The van der Waals surface area contributed by atoms with E-state index in [0.29, 0.717) is 18.8 Å². The van der Waals surface area contributed by atoms with Gasteiger partial charge >= 0.3 is 0 Å². The number of rotatable bonds is 7. The minimum absolute atomic E-state index is 0.0762. The first-order valence-corrected chi connectivity index (χ1v) is 9.55. The number of carbonyl (C=O) groups is 1. The van der Waals surface area contributed by atoms with Crippen LogP contribution in [0.3, 0.4) is 0 Å². The normalized spacial score (nSPS) is 11.9. The number of hydrogen-bond acceptors (Lipinski definition) is 4. The molecule has 3 aromatic rings. The van der Waals surface area contributed by atoms with Crippen LogP contribution in [-0.2, 0) is 17.9 Å². The van der Waals surface area contributed by atoms with Crippen LogP contribution >= 0.6 is 27.3 Å². The molecule has 0 radical (unpaired) electrons. The lowest BCUT2D eigenvalue weighted by molar-refractivity contribution is -0.139. The molecule has 2 heterocycles. The molecule has 130 valence electrons. The number of thiophene rings is 1. The van der Waals surface area contributed by atoms with Crippen molar-refractivity contribution in [1.82, 2.24) is 4.90 Å². The van der Waals surface area contributed by atoms with Crippen molar-refractivity contribution >= 4 is 33.2 Å². The van der Waals surface area contributed by atoms with Gasteiger partial charge in [-0.15, -0.1) is 11.3 Å². The van der Waals surface area contributed by atoms with Gasteiger partial charge in [-0.2, -0.15) is 0 Å². The zero-order chi connectivity index (χ0) is 17.6. The molecule has 0 bridgehead atoms. The number of halogens is 1. The number of benzene rings is 1. The predicted octanol–water partition coefficient (Wildman–Crippen LogP) is 5.10. The molecule has 0 spiro atoms. The molecule has 0 aliphatic heterocycles. The van der Waals surface area contributed by atoms with E-state index in [1.54, 1.807) is 29.4 Å². The van der Waals surface area contributed by atoms with Crippen LogP contribution in [0, 0.1) is 0 Å². The monoisotopic (exact) mass is 419 g/mol. The Balaban J connectivity index is 1.71. The number of carbonyl (C=O) groups excluding carboxylic acids is 1. The summed E-state index contributed by atoms with van der Waals surface area (Å²) < 4.78 is 12.2. The van der Waals surface area contributed by atoms with E-state index >= 15 is 0 Å². The van der Waals surface area contributed by atoms with Crippen LogP contribution in [0.25, 0.3) is 0 Å². The first kappa shape index (κ1) is 17.8. The Hall–Kier alpha value is -2.05. The fourth-order valence-corrected chi connectivity index (χ4v) is 3.40. The summed E-state index contributed by atoms with van der Waals surface area (Å²) in [5, 5.41) is 2.01. The number of ether oxygens (including phenoxy) is 1. The molecule has 1 atom stereocenters. The fourth-order valence-electron chi connectivity index (χ4n) is 2.42. The minimum Gasteiger partial charge on any atom is -0.481 e. The zero-order valence-electron chi connectivity index (χ0n) is 13.7. The largest absolute Gasteiger partial charge is 0.481 e. The SMILES string of the molecule is CC(Oc1ccc(Br)cc1)C(=O)N(Cc1ccco1)Cc1cccs1. The van der Waals surface area contributed by atoms with Gasteiger partial charge in [0.15, 0.2) is 6.10 Å². The highest BCUT2D eigenvalue weighted by Gasteiger charge is 2.23. The molecular weight excluding hydrogens is 402 g/mol. The second-order valence-corrected chi connectivity index (χ2v) is 7.51. The maximum Gasteiger partial charge on any atom is 0.264 e. The topological polar surface area (TPSA) is 42.7 Å². The molecule has 2 aromatic heterocycles. The Morgan fingerprint density at radius 1 is 1.20 bits per heavy atom. The highest BCUT2D eigenvalue weighted by atomic mass is 79.9. The van der Waals surface area contributed by atoms with E-state index in [1.165, 1.54) is 0 Å². The molecule has 0 N–H and O–H groups in total. The number of hydrogen-bond donors (Lipinski definition) is 0. The summed E-state index contributed by atoms with van der Waals surface area (Å²) in [5.41, 5.74) is 0. The molecule has 0 saturated carbocycles. The summed E-state index contributed by atoms with van der Waals surface area (Å²) in [5.74, 6) is 1.34. The minimum atomic E-state index is -0.587. The first-order chi connectivity index (χ1) is 12.1. The molecule has 1 unspecified atom stereocenters. The maximum absolute atomic E-state index is 12.9. The van der Waals surface area contributed by atoms with Gasteiger partial charge in [-0.25, -0.2) is 0 Å². The predicted molar refractivity (Wildman–Crippen MR) is 102 cm³/mol. The molecule has 1 aromatic carbocycles. The van der Waals surface area contributed by atoms with E-state index < -0.39 is 6.10 Å². The smallest absolute Gasteiger partial charge is 0.264 e. The highest BCUT2D eigenvalue weighted by molar-refractivity contribution is 9.10. The quantitative estimate of drug-likeness (QED) is 0.534. The van der Waals surface area contributed by atoms with Crippen LogP contribution < -0.4 is 4.74 Å². The molecule has 0 fully saturated rings. The van der Waals surface area contributed by atoms with Crippen molar-refractivity contribution in [2.45, 2.75) is 26.1 Å². The highest BCUT2D eigenvalue weighted by Crippen LogP contribution is 2.20. The summed E-state index contributed by atoms with van der Waals surface area (Å²) in [6, 6.07) is 15.1. The molecule has 25 heavy (non-hydrogen) atoms. The second kappa shape index (κ2) is 8.36. The van der Waals surface area contributed by atoms with Crippen molar-refractivity contribution in [3.63, 3.8) is 0 Å². The summed E-state index contributed by atoms with van der Waals surface area (Å²) in [6.45, 7) is 2.72. The lowest BCUT2D eigenvalue weighted by Gasteiger charge is -2.25. The van der Waals surface area contributed by atoms with Crippen molar-refractivity contribution in [3.8, 4) is 5.75 Å². The van der Waals surface area contributed by atoms with Crippen molar-refractivity contribution in [2.75, 3.05) is 0 Å². The Morgan fingerprint density at radius 3 is 2.64 bits per heavy atom. The van der Waals surface area contributed by atoms with Crippen molar-refractivity contribution < 1.29 is 13.9 Å². The Kier molecular flexibility index (Phi) is 5.94. The van der Waals surface area contributed by atoms with Gasteiger partial charge in [-0.3, -0.25) is 4.79 Å². The summed E-state index contributed by atoms with van der Waals surface area (Å²) >= 11 is 5.02. The summed E-state index contributed by atoms with van der Waals surface area (Å²) in [7, 11) is 0. The van der Waals surface area contributed by atoms with Crippen molar-refractivity contribution in [2.24, 2.45) is 0 Å². The van der Waals surface area contributed by atoms with Gasteiger partial charge in [-0.1, -0.05) is 22.0 Å². The molecule has 3 rings (SSSR count). The lowest BCUT2D eigenvalue weighted by atomic mass is 10.2. The molecule has 4 nitrogen and oxygen atoms in total. The van der Waals surface area contributed by atoms with E-state index in [0.717, 1.165) is 15.1 Å².